The number of hydrogen-bond acceptors (Lipinski definition) is 5. The molecule has 2 N–H and O–H groups in total. The highest BCUT2D eigenvalue weighted by Crippen LogP contribution is 2.36. The maximum Gasteiger partial charge on any atom is 0.417 e. The Morgan fingerprint density at radius 1 is 0.833 bits per heavy atom. The van der Waals surface area contributed by atoms with Crippen LogP contribution in [0.2, 0.25) is 10.0 Å². The van der Waals surface area contributed by atoms with Crippen molar-refractivity contribution in [2.24, 2.45) is 0 Å². The summed E-state index contributed by atoms with van der Waals surface area (Å²) >= 11 is 12.6. The molecule has 0 atom stereocenters. The first-order valence-electron chi connectivity index (χ1n) is 14.5. The van der Waals surface area contributed by atoms with Gasteiger partial charge in [0.15, 0.2) is 0 Å². The number of benzene rings is 5. The number of nitrogen functional groups attached to an aromatic ring is 1. The lowest BCUT2D eigenvalue weighted by Gasteiger charge is -2.14. The Bertz CT molecular complexity index is 2100. The van der Waals surface area contributed by atoms with Crippen LogP contribution in [-0.2, 0) is 17.3 Å². The second-order valence-corrected chi connectivity index (χ2v) is 11.7. The van der Waals surface area contributed by atoms with E-state index in [4.69, 9.17) is 38.7 Å². The molecular weight excluding hydrogens is 662 g/mol. The van der Waals surface area contributed by atoms with Crippen LogP contribution in [0, 0.1) is 0 Å². The molecule has 0 aliphatic carbocycles. The number of carbonyl (C=O) groups excluding carboxylic acids is 1. The fourth-order valence-electron chi connectivity index (χ4n) is 5.19. The van der Waals surface area contributed by atoms with E-state index in [1.165, 1.54) is 6.07 Å². The molecule has 6 nitrogen and oxygen atoms in total. The average Bonchev–Trinajstić information content (AvgIpc) is 3.48. The molecule has 5 aromatic carbocycles. The number of alkyl halides is 3. The van der Waals surface area contributed by atoms with Crippen LogP contribution in [0.1, 0.15) is 27.3 Å². The molecule has 0 bridgehead atoms. The summed E-state index contributed by atoms with van der Waals surface area (Å²) in [4.78, 5) is 17.2. The Labute approximate surface area is 284 Å². The van der Waals surface area contributed by atoms with Crippen molar-refractivity contribution >= 4 is 34.9 Å². The van der Waals surface area contributed by atoms with Gasteiger partial charge in [-0.2, -0.15) is 13.2 Å². The number of halogens is 5. The third kappa shape index (κ3) is 7.17. The van der Waals surface area contributed by atoms with Gasteiger partial charge < -0.3 is 19.8 Å². The molecular formula is C37H26Cl2F3N3O3. The van der Waals surface area contributed by atoms with Gasteiger partial charge in [-0.25, -0.2) is 9.78 Å². The highest BCUT2D eigenvalue weighted by Gasteiger charge is 2.36. The topological polar surface area (TPSA) is 79.4 Å². The Morgan fingerprint density at radius 2 is 1.46 bits per heavy atom. The van der Waals surface area contributed by atoms with Crippen molar-refractivity contribution in [2.75, 3.05) is 12.8 Å². The number of methoxy groups -OCH3 is 1. The highest BCUT2D eigenvalue weighted by molar-refractivity contribution is 6.36. The van der Waals surface area contributed by atoms with Gasteiger partial charge in [0, 0.05) is 34.6 Å². The second kappa shape index (κ2) is 13.5. The molecule has 0 saturated carbocycles. The molecule has 0 amide bonds. The van der Waals surface area contributed by atoms with E-state index < -0.39 is 23.3 Å². The lowest BCUT2D eigenvalue weighted by atomic mass is 10.0. The van der Waals surface area contributed by atoms with E-state index in [1.807, 2.05) is 48.5 Å². The molecule has 0 radical (unpaired) electrons. The third-order valence-corrected chi connectivity index (χ3v) is 8.15. The molecule has 0 unspecified atom stereocenters. The minimum atomic E-state index is -4.76. The summed E-state index contributed by atoms with van der Waals surface area (Å²) in [6.07, 6.45) is -2.78. The summed E-state index contributed by atoms with van der Waals surface area (Å²) < 4.78 is 53.5. The number of carbonyl (C=O) groups is 1. The summed E-state index contributed by atoms with van der Waals surface area (Å²) in [6.45, 7) is 0. The molecule has 1 aromatic heterocycles. The van der Waals surface area contributed by atoms with E-state index in [1.54, 1.807) is 53.2 Å². The fraction of sp³-hybridized carbons (Fsp3) is 0.0811. The maximum absolute atomic E-state index is 13.8. The zero-order chi connectivity index (χ0) is 34.0. The van der Waals surface area contributed by atoms with Crippen LogP contribution >= 0.6 is 23.2 Å². The van der Waals surface area contributed by atoms with Gasteiger partial charge >= 0.3 is 12.1 Å². The Hall–Kier alpha value is -5.25. The number of anilines is 1. The summed E-state index contributed by atoms with van der Waals surface area (Å²) in [5, 5.41) is 0.800. The molecule has 0 aliphatic heterocycles. The Morgan fingerprint density at radius 3 is 2.06 bits per heavy atom. The van der Waals surface area contributed by atoms with E-state index in [0.29, 0.717) is 56.4 Å². The van der Waals surface area contributed by atoms with Gasteiger partial charge in [0.1, 0.15) is 17.3 Å². The largest absolute Gasteiger partial charge is 0.465 e. The Balaban J connectivity index is 1.31. The van der Waals surface area contributed by atoms with Crippen molar-refractivity contribution in [1.82, 2.24) is 9.55 Å². The van der Waals surface area contributed by atoms with Gasteiger partial charge in [-0.15, -0.1) is 0 Å². The van der Waals surface area contributed by atoms with Gasteiger partial charge in [-0.05, 0) is 89.5 Å². The molecule has 6 aromatic rings. The number of hydrogen-bond donors (Lipinski definition) is 1. The summed E-state index contributed by atoms with van der Waals surface area (Å²) in [5.74, 6) is 0.761. The monoisotopic (exact) mass is 687 g/mol. The first kappa shape index (κ1) is 32.7. The molecule has 48 heavy (non-hydrogen) atoms. The molecule has 0 spiro atoms. The highest BCUT2D eigenvalue weighted by atomic mass is 35.5. The predicted molar refractivity (Wildman–Crippen MR) is 181 cm³/mol. The molecule has 1 heterocycles. The smallest absolute Gasteiger partial charge is 0.417 e. The second-order valence-electron chi connectivity index (χ2n) is 10.8. The van der Waals surface area contributed by atoms with E-state index >= 15 is 0 Å². The number of nitrogens with two attached hydrogens (primary N) is 1. The molecule has 6 rings (SSSR count). The molecule has 0 saturated heterocycles. The lowest BCUT2D eigenvalue weighted by Crippen LogP contribution is -2.15. The minimum Gasteiger partial charge on any atom is -0.465 e. The normalized spacial score (nSPS) is 11.4. The van der Waals surface area contributed by atoms with Gasteiger partial charge in [0.05, 0.1) is 29.0 Å². The molecule has 0 aliphatic rings. The maximum atomic E-state index is 13.8. The zero-order valence-corrected chi connectivity index (χ0v) is 26.8. The average molecular weight is 689 g/mol. The van der Waals surface area contributed by atoms with Gasteiger partial charge in [0.2, 0.25) is 0 Å². The SMILES string of the molecule is COC(=O)c1cc(-n2cc(-c3ccc(Cl)cc3Cl)nc2Cc2ccc(-c3ccc(Oc4ccc(N)cc4)cc3)cc2)ccc1C(F)(F)F. The van der Waals surface area contributed by atoms with Crippen LogP contribution in [0.25, 0.3) is 28.1 Å². The van der Waals surface area contributed by atoms with Gasteiger partial charge in [-0.3, -0.25) is 0 Å². The first-order chi connectivity index (χ1) is 23.0. The minimum absolute atomic E-state index is 0.292. The van der Waals surface area contributed by atoms with E-state index in [0.717, 1.165) is 35.9 Å². The van der Waals surface area contributed by atoms with Crippen molar-refractivity contribution in [2.45, 2.75) is 12.6 Å². The van der Waals surface area contributed by atoms with Crippen LogP contribution < -0.4 is 10.5 Å². The number of nitrogens with zero attached hydrogens (tertiary/aromatic N) is 2. The summed E-state index contributed by atoms with van der Waals surface area (Å²) in [6, 6.07) is 31.0. The van der Waals surface area contributed by atoms with Crippen LogP contribution in [0.15, 0.2) is 115 Å². The number of ether oxygens (including phenoxy) is 2. The number of esters is 1. The van der Waals surface area contributed by atoms with E-state index in [9.17, 15) is 18.0 Å². The van der Waals surface area contributed by atoms with Gasteiger partial charge in [-0.1, -0.05) is 59.6 Å². The van der Waals surface area contributed by atoms with Crippen molar-refractivity contribution in [3.05, 3.63) is 148 Å². The zero-order valence-electron chi connectivity index (χ0n) is 25.3. The van der Waals surface area contributed by atoms with Crippen molar-refractivity contribution < 1.29 is 27.4 Å². The summed E-state index contributed by atoms with van der Waals surface area (Å²) in [7, 11) is 1.03. The number of imidazole rings is 1. The van der Waals surface area contributed by atoms with Crippen molar-refractivity contribution in [3.63, 3.8) is 0 Å². The summed E-state index contributed by atoms with van der Waals surface area (Å²) in [5.41, 5.74) is 8.89. The quantitative estimate of drug-likeness (QED) is 0.127. The van der Waals surface area contributed by atoms with Gasteiger partial charge in [0.25, 0.3) is 0 Å². The van der Waals surface area contributed by atoms with E-state index in [-0.39, 0.29) is 0 Å². The van der Waals surface area contributed by atoms with Crippen molar-refractivity contribution in [3.8, 4) is 39.6 Å². The van der Waals surface area contributed by atoms with Crippen LogP contribution in [-0.4, -0.2) is 22.6 Å². The molecule has 0 fully saturated rings. The first-order valence-corrected chi connectivity index (χ1v) is 15.3. The van der Waals surface area contributed by atoms with Crippen LogP contribution in [0.3, 0.4) is 0 Å². The fourth-order valence-corrected chi connectivity index (χ4v) is 5.69. The van der Waals surface area contributed by atoms with Crippen LogP contribution in [0.4, 0.5) is 18.9 Å². The van der Waals surface area contributed by atoms with E-state index in [2.05, 4.69) is 4.74 Å². The molecule has 11 heteroatoms. The molecule has 242 valence electrons. The van der Waals surface area contributed by atoms with Crippen molar-refractivity contribution in [1.29, 1.82) is 0 Å². The predicted octanol–water partition coefficient (Wildman–Crippen LogP) is 10.3. The number of rotatable bonds is 8. The third-order valence-electron chi connectivity index (χ3n) is 7.60. The standard InChI is InChI=1S/C37H26Cl2F3N3O3/c1-47-36(46)31-20-27(11-17-32(31)37(40,41)42)45-21-34(30-16-8-25(38)19-33(30)39)44-35(45)18-22-2-4-23(5-3-22)24-6-12-28(13-7-24)48-29-14-9-26(43)10-15-29/h2-17,19-21H,18,43H2,1H3. The lowest BCUT2D eigenvalue weighted by molar-refractivity contribution is -0.138. The number of aromatic nitrogens is 2. The van der Waals surface area contributed by atoms with Crippen LogP contribution in [0.5, 0.6) is 11.5 Å². The Kier molecular flexibility index (Phi) is 9.17.